The average Bonchev–Trinajstić information content (AvgIpc) is 2.66. The first kappa shape index (κ1) is 27.7. The highest BCUT2D eigenvalue weighted by Gasteiger charge is 2.91. The second-order valence-electron chi connectivity index (χ2n) is 6.17. The topological polar surface area (TPSA) is 29.5 Å². The Balaban J connectivity index is 3.22. The van der Waals surface area contributed by atoms with E-state index in [1.54, 1.807) is 5.92 Å². The van der Waals surface area contributed by atoms with Crippen molar-refractivity contribution in [2.45, 2.75) is 48.3 Å². The molecule has 0 bridgehead atoms. The van der Waals surface area contributed by atoms with E-state index in [0.717, 1.165) is 0 Å². The SMILES string of the molecule is COc1ccc(C#CCC(O)C(F)(F)C(F)(F)C(F)(F)C(F)(F)C(F)(F)C(F)(F)F)cc1. The van der Waals surface area contributed by atoms with Gasteiger partial charge in [-0.05, 0) is 24.3 Å². The van der Waals surface area contributed by atoms with Crippen LogP contribution in [0.1, 0.15) is 12.0 Å². The molecule has 1 unspecified atom stereocenters. The van der Waals surface area contributed by atoms with Crippen molar-refractivity contribution in [3.63, 3.8) is 0 Å². The zero-order chi connectivity index (χ0) is 25.4. The predicted octanol–water partition coefficient (Wildman–Crippen LogP) is 5.54. The van der Waals surface area contributed by atoms with E-state index in [9.17, 15) is 57.1 Å². The fourth-order valence-corrected chi connectivity index (χ4v) is 2.04. The van der Waals surface area contributed by atoms with Gasteiger partial charge in [-0.2, -0.15) is 57.1 Å². The molecule has 0 saturated heterocycles. The van der Waals surface area contributed by atoms with Gasteiger partial charge in [-0.3, -0.25) is 0 Å². The van der Waals surface area contributed by atoms with Gasteiger partial charge < -0.3 is 9.84 Å². The number of rotatable bonds is 7. The van der Waals surface area contributed by atoms with Crippen LogP contribution in [0.25, 0.3) is 0 Å². The fraction of sp³-hybridized carbons (Fsp3) is 0.529. The summed E-state index contributed by atoms with van der Waals surface area (Å²) in [6.45, 7) is 0. The molecule has 1 N–H and O–H groups in total. The summed E-state index contributed by atoms with van der Waals surface area (Å²) in [5, 5.41) is 9.12. The van der Waals surface area contributed by atoms with Crippen molar-refractivity contribution in [1.29, 1.82) is 0 Å². The second-order valence-corrected chi connectivity index (χ2v) is 6.17. The van der Waals surface area contributed by atoms with Gasteiger partial charge >= 0.3 is 35.8 Å². The molecular formula is C17H11F13O2. The summed E-state index contributed by atoms with van der Waals surface area (Å²) in [6, 6.07) is 5.01. The monoisotopic (exact) mass is 494 g/mol. The van der Waals surface area contributed by atoms with Gasteiger partial charge in [0.15, 0.2) is 0 Å². The summed E-state index contributed by atoms with van der Waals surface area (Å²) < 4.78 is 174. The Labute approximate surface area is 171 Å². The number of hydrogen-bond acceptors (Lipinski definition) is 2. The lowest BCUT2D eigenvalue weighted by Gasteiger charge is -2.40. The molecule has 15 heteroatoms. The molecule has 0 aliphatic carbocycles. The van der Waals surface area contributed by atoms with E-state index >= 15 is 0 Å². The number of aliphatic hydroxyl groups excluding tert-OH is 1. The summed E-state index contributed by atoms with van der Waals surface area (Å²) in [4.78, 5) is 0. The molecule has 2 nitrogen and oxygen atoms in total. The van der Waals surface area contributed by atoms with Crippen molar-refractivity contribution in [1.82, 2.24) is 0 Å². The molecule has 1 aromatic rings. The maximum absolute atomic E-state index is 13.7. The first-order chi connectivity index (χ1) is 14.2. The molecule has 32 heavy (non-hydrogen) atoms. The van der Waals surface area contributed by atoms with Crippen LogP contribution in [0.15, 0.2) is 24.3 Å². The lowest BCUT2D eigenvalue weighted by Crippen LogP contribution is -2.71. The average molecular weight is 494 g/mol. The van der Waals surface area contributed by atoms with Crippen LogP contribution < -0.4 is 4.74 Å². The van der Waals surface area contributed by atoms with Gasteiger partial charge in [0.2, 0.25) is 0 Å². The fourth-order valence-electron chi connectivity index (χ4n) is 2.04. The van der Waals surface area contributed by atoms with E-state index < -0.39 is 48.3 Å². The summed E-state index contributed by atoms with van der Waals surface area (Å²) in [5.74, 6) is -34.0. The maximum Gasteiger partial charge on any atom is 0.460 e. The molecule has 0 aliphatic heterocycles. The van der Waals surface area contributed by atoms with E-state index in [4.69, 9.17) is 9.84 Å². The zero-order valence-corrected chi connectivity index (χ0v) is 15.4. The van der Waals surface area contributed by atoms with Crippen molar-refractivity contribution in [3.8, 4) is 17.6 Å². The van der Waals surface area contributed by atoms with Crippen molar-refractivity contribution >= 4 is 0 Å². The van der Waals surface area contributed by atoms with E-state index in [0.29, 0.717) is 5.75 Å². The number of aliphatic hydroxyl groups is 1. The quantitative estimate of drug-likeness (QED) is 0.399. The van der Waals surface area contributed by atoms with Crippen LogP contribution in [-0.4, -0.2) is 54.1 Å². The summed E-state index contributed by atoms with van der Waals surface area (Å²) in [6.07, 6.45) is -13.2. The molecule has 0 radical (unpaired) electrons. The van der Waals surface area contributed by atoms with Crippen LogP contribution in [0.5, 0.6) is 5.75 Å². The van der Waals surface area contributed by atoms with Crippen molar-refractivity contribution in [2.24, 2.45) is 0 Å². The lowest BCUT2D eigenvalue weighted by molar-refractivity contribution is -0.444. The van der Waals surface area contributed by atoms with E-state index in [-0.39, 0.29) is 5.56 Å². The molecule has 182 valence electrons. The maximum atomic E-state index is 13.7. The van der Waals surface area contributed by atoms with Gasteiger partial charge in [0.1, 0.15) is 11.9 Å². The third-order valence-corrected chi connectivity index (χ3v) is 3.99. The van der Waals surface area contributed by atoms with Crippen LogP contribution >= 0.6 is 0 Å². The Hall–Kier alpha value is -2.37. The molecule has 1 rings (SSSR count). The Morgan fingerprint density at radius 3 is 1.59 bits per heavy atom. The molecule has 0 amide bonds. The number of halogens is 13. The van der Waals surface area contributed by atoms with Gasteiger partial charge in [0.05, 0.1) is 7.11 Å². The molecule has 0 aliphatic rings. The Bertz CT molecular complexity index is 848. The van der Waals surface area contributed by atoms with E-state index in [1.807, 2.05) is 5.92 Å². The molecule has 0 fully saturated rings. The lowest BCUT2D eigenvalue weighted by atomic mass is 9.91. The molecule has 0 heterocycles. The van der Waals surface area contributed by atoms with Crippen molar-refractivity contribution in [3.05, 3.63) is 29.8 Å². The van der Waals surface area contributed by atoms with Crippen molar-refractivity contribution < 1.29 is 66.9 Å². The molecule has 1 atom stereocenters. The Morgan fingerprint density at radius 1 is 0.750 bits per heavy atom. The first-order valence-corrected chi connectivity index (χ1v) is 7.95. The van der Waals surface area contributed by atoms with E-state index in [2.05, 4.69) is 0 Å². The minimum absolute atomic E-state index is 0.00904. The predicted molar refractivity (Wildman–Crippen MR) is 81.3 cm³/mol. The third kappa shape index (κ3) is 4.41. The Kier molecular flexibility index (Phi) is 7.37. The first-order valence-electron chi connectivity index (χ1n) is 7.95. The van der Waals surface area contributed by atoms with Gasteiger partial charge in [-0.15, -0.1) is 0 Å². The third-order valence-electron chi connectivity index (χ3n) is 3.99. The summed E-state index contributed by atoms with van der Waals surface area (Å²) >= 11 is 0. The van der Waals surface area contributed by atoms with Crippen LogP contribution in [0.2, 0.25) is 0 Å². The highest BCUT2D eigenvalue weighted by Crippen LogP contribution is 2.60. The molecular weight excluding hydrogens is 483 g/mol. The highest BCUT2D eigenvalue weighted by molar-refractivity contribution is 5.38. The summed E-state index contributed by atoms with van der Waals surface area (Å²) in [7, 11) is 1.28. The molecule has 0 saturated carbocycles. The van der Waals surface area contributed by atoms with Crippen LogP contribution in [0, 0.1) is 11.8 Å². The number of hydrogen-bond donors (Lipinski definition) is 1. The highest BCUT2D eigenvalue weighted by atomic mass is 19.4. The standard InChI is InChI=1S/C17H11F13O2/c1-32-10-7-5-9(6-8-10)3-2-4-11(31)12(18,19)13(20,21)14(22,23)15(24,25)16(26,27)17(28,29)30/h5-8,11,31H,4H2,1H3. The van der Waals surface area contributed by atoms with Gasteiger partial charge in [-0.1, -0.05) is 11.8 Å². The zero-order valence-electron chi connectivity index (χ0n) is 15.4. The minimum atomic E-state index is -8.01. The second kappa shape index (κ2) is 8.53. The molecule has 0 aromatic heterocycles. The van der Waals surface area contributed by atoms with Crippen LogP contribution in [-0.2, 0) is 0 Å². The number of benzene rings is 1. The van der Waals surface area contributed by atoms with Gasteiger partial charge in [0.25, 0.3) is 0 Å². The van der Waals surface area contributed by atoms with Crippen LogP contribution in [0.4, 0.5) is 57.1 Å². The number of ether oxygens (including phenoxy) is 1. The molecule has 1 aromatic carbocycles. The number of alkyl halides is 13. The van der Waals surface area contributed by atoms with Gasteiger partial charge in [0, 0.05) is 12.0 Å². The minimum Gasteiger partial charge on any atom is -0.497 e. The number of methoxy groups -OCH3 is 1. The van der Waals surface area contributed by atoms with Crippen molar-refractivity contribution in [2.75, 3.05) is 7.11 Å². The summed E-state index contributed by atoms with van der Waals surface area (Å²) in [5.41, 5.74) is 0.00904. The normalized spacial score (nSPS) is 15.1. The van der Waals surface area contributed by atoms with E-state index in [1.165, 1.54) is 31.4 Å². The molecule has 0 spiro atoms. The van der Waals surface area contributed by atoms with Crippen LogP contribution in [0.3, 0.4) is 0 Å². The Morgan fingerprint density at radius 2 is 1.19 bits per heavy atom. The largest absolute Gasteiger partial charge is 0.497 e. The smallest absolute Gasteiger partial charge is 0.460 e. The van der Waals surface area contributed by atoms with Gasteiger partial charge in [-0.25, -0.2) is 0 Å².